The predicted molar refractivity (Wildman–Crippen MR) is 138 cm³/mol. The molecule has 0 aromatic heterocycles. The number of barbiturate groups is 1. The number of hydrogen-bond donors (Lipinski definition) is 1. The van der Waals surface area contributed by atoms with Crippen LogP contribution in [0.1, 0.15) is 15.9 Å². The average molecular weight is 590 g/mol. The number of nitrogens with zero attached hydrogens (tertiary/aromatic N) is 1. The van der Waals surface area contributed by atoms with E-state index in [4.69, 9.17) is 32.7 Å². The highest BCUT2D eigenvalue weighted by Crippen LogP contribution is 2.30. The monoisotopic (exact) mass is 588 g/mol. The number of benzene rings is 3. The van der Waals surface area contributed by atoms with Gasteiger partial charge in [-0.3, -0.25) is 14.9 Å². The number of carbonyl (C=O) groups excluding carboxylic acids is 4. The number of anilines is 1. The zero-order valence-electron chi connectivity index (χ0n) is 18.4. The molecule has 36 heavy (non-hydrogen) atoms. The van der Waals surface area contributed by atoms with Crippen molar-refractivity contribution in [2.45, 2.75) is 0 Å². The minimum Gasteiger partial charge on any atom is -0.497 e. The van der Waals surface area contributed by atoms with E-state index in [1.54, 1.807) is 24.3 Å². The van der Waals surface area contributed by atoms with Crippen molar-refractivity contribution in [3.8, 4) is 11.5 Å². The molecule has 3 aromatic rings. The molecule has 0 spiro atoms. The van der Waals surface area contributed by atoms with Crippen LogP contribution in [0.4, 0.5) is 10.5 Å². The summed E-state index contributed by atoms with van der Waals surface area (Å²) in [7, 11) is 1.44. The summed E-state index contributed by atoms with van der Waals surface area (Å²) in [5.41, 5.74) is 0.149. The van der Waals surface area contributed by atoms with E-state index >= 15 is 0 Å². The van der Waals surface area contributed by atoms with Gasteiger partial charge in [-0.1, -0.05) is 45.2 Å². The Morgan fingerprint density at radius 1 is 1.03 bits per heavy atom. The fourth-order valence-electron chi connectivity index (χ4n) is 3.33. The smallest absolute Gasteiger partial charge is 0.345 e. The van der Waals surface area contributed by atoms with Crippen molar-refractivity contribution in [1.82, 2.24) is 5.32 Å². The molecule has 4 amide bonds. The number of rotatable bonds is 5. The predicted octanol–water partition coefficient (Wildman–Crippen LogP) is 5.65. The average Bonchev–Trinajstić information content (AvgIpc) is 2.83. The third-order valence-electron chi connectivity index (χ3n) is 5.04. The number of halogens is 3. The van der Waals surface area contributed by atoms with Crippen molar-refractivity contribution in [2.75, 3.05) is 12.0 Å². The summed E-state index contributed by atoms with van der Waals surface area (Å²) in [5.74, 6) is -2.08. The van der Waals surface area contributed by atoms with E-state index < -0.39 is 23.8 Å². The molecule has 4 rings (SSSR count). The summed E-state index contributed by atoms with van der Waals surface area (Å²) < 4.78 is 11.3. The lowest BCUT2D eigenvalue weighted by molar-refractivity contribution is -0.122. The van der Waals surface area contributed by atoms with Crippen molar-refractivity contribution >= 4 is 74.7 Å². The maximum atomic E-state index is 13.3. The van der Waals surface area contributed by atoms with E-state index in [2.05, 4.69) is 21.2 Å². The number of ether oxygens (including phenoxy) is 2. The molecular formula is C25H15BrCl2N2O6. The van der Waals surface area contributed by atoms with Crippen LogP contribution < -0.4 is 19.7 Å². The fraction of sp³-hybridized carbons (Fsp3) is 0.0400. The van der Waals surface area contributed by atoms with E-state index in [0.29, 0.717) is 15.2 Å². The molecule has 1 heterocycles. The highest BCUT2D eigenvalue weighted by molar-refractivity contribution is 9.10. The number of amides is 4. The lowest BCUT2D eigenvalue weighted by atomic mass is 10.1. The topological polar surface area (TPSA) is 102 Å². The van der Waals surface area contributed by atoms with Crippen LogP contribution in [0.15, 0.2) is 70.7 Å². The van der Waals surface area contributed by atoms with Gasteiger partial charge in [-0.15, -0.1) is 0 Å². The zero-order valence-corrected chi connectivity index (χ0v) is 21.5. The Labute approximate surface area is 223 Å². The molecule has 1 N–H and O–H groups in total. The van der Waals surface area contributed by atoms with Gasteiger partial charge in [0.2, 0.25) is 0 Å². The molecule has 0 atom stereocenters. The molecule has 3 aromatic carbocycles. The molecule has 0 bridgehead atoms. The van der Waals surface area contributed by atoms with E-state index in [-0.39, 0.29) is 33.2 Å². The first-order valence-corrected chi connectivity index (χ1v) is 11.7. The van der Waals surface area contributed by atoms with Crippen LogP contribution in [0.5, 0.6) is 11.5 Å². The van der Waals surface area contributed by atoms with Crippen molar-refractivity contribution in [3.05, 3.63) is 91.9 Å². The van der Waals surface area contributed by atoms with Gasteiger partial charge >= 0.3 is 12.0 Å². The largest absolute Gasteiger partial charge is 0.497 e. The number of carbonyl (C=O) groups is 4. The summed E-state index contributed by atoms with van der Waals surface area (Å²) >= 11 is 15.3. The molecule has 1 fully saturated rings. The van der Waals surface area contributed by atoms with Gasteiger partial charge in [0.25, 0.3) is 11.8 Å². The maximum absolute atomic E-state index is 13.3. The molecule has 1 saturated heterocycles. The van der Waals surface area contributed by atoms with Crippen LogP contribution >= 0.6 is 39.1 Å². The van der Waals surface area contributed by atoms with Gasteiger partial charge in [0.05, 0.1) is 23.4 Å². The molecular weight excluding hydrogens is 575 g/mol. The van der Waals surface area contributed by atoms with Gasteiger partial charge in [-0.2, -0.15) is 0 Å². The first-order valence-electron chi connectivity index (χ1n) is 10.2. The number of nitrogens with one attached hydrogen (secondary N) is 1. The summed E-state index contributed by atoms with van der Waals surface area (Å²) in [5, 5.41) is 2.59. The second-order valence-electron chi connectivity index (χ2n) is 7.36. The van der Waals surface area contributed by atoms with Crippen LogP contribution in [0.2, 0.25) is 10.0 Å². The standard InChI is InChI=1S/C25H15BrCl2N2O6/c1-35-17-4-2-3-16(12-17)30-23(32)19(22(31)29-25(30)34)10-13-9-14(26)5-8-21(13)36-24(33)18-7-6-15(27)11-20(18)28/h2-12H,1H3,(H,29,31,34)/b19-10-. The lowest BCUT2D eigenvalue weighted by Gasteiger charge is -2.26. The Morgan fingerprint density at radius 2 is 1.81 bits per heavy atom. The van der Waals surface area contributed by atoms with Crippen molar-refractivity contribution in [1.29, 1.82) is 0 Å². The van der Waals surface area contributed by atoms with Crippen molar-refractivity contribution in [3.63, 3.8) is 0 Å². The first kappa shape index (κ1) is 25.4. The van der Waals surface area contributed by atoms with Crippen LogP contribution in [0.25, 0.3) is 6.08 Å². The maximum Gasteiger partial charge on any atom is 0.345 e. The van der Waals surface area contributed by atoms with Gasteiger partial charge in [0.1, 0.15) is 17.1 Å². The highest BCUT2D eigenvalue weighted by Gasteiger charge is 2.37. The third-order valence-corrected chi connectivity index (χ3v) is 6.08. The van der Waals surface area contributed by atoms with Crippen LogP contribution in [0.3, 0.4) is 0 Å². The molecule has 8 nitrogen and oxygen atoms in total. The molecule has 0 aliphatic carbocycles. The van der Waals surface area contributed by atoms with Crippen LogP contribution in [0, 0.1) is 0 Å². The number of imide groups is 2. The van der Waals surface area contributed by atoms with Crippen LogP contribution in [-0.2, 0) is 9.59 Å². The summed E-state index contributed by atoms with van der Waals surface area (Å²) in [4.78, 5) is 51.9. The number of urea groups is 1. The number of hydrogen-bond acceptors (Lipinski definition) is 6. The Hall–Kier alpha value is -3.66. The second-order valence-corrected chi connectivity index (χ2v) is 9.11. The minimum absolute atomic E-state index is 0.0483. The van der Waals surface area contributed by atoms with Crippen molar-refractivity contribution < 1.29 is 28.7 Å². The molecule has 1 aliphatic heterocycles. The summed E-state index contributed by atoms with van der Waals surface area (Å²) in [6.45, 7) is 0. The molecule has 11 heteroatoms. The van der Waals surface area contributed by atoms with E-state index in [9.17, 15) is 19.2 Å². The zero-order chi connectivity index (χ0) is 26.0. The van der Waals surface area contributed by atoms with E-state index in [1.807, 2.05) is 0 Å². The molecule has 0 unspecified atom stereocenters. The van der Waals surface area contributed by atoms with Crippen molar-refractivity contribution in [2.24, 2.45) is 0 Å². The highest BCUT2D eigenvalue weighted by atomic mass is 79.9. The lowest BCUT2D eigenvalue weighted by Crippen LogP contribution is -2.54. The minimum atomic E-state index is -0.909. The van der Waals surface area contributed by atoms with E-state index in [1.165, 1.54) is 49.6 Å². The summed E-state index contributed by atoms with van der Waals surface area (Å²) in [6, 6.07) is 14.3. The fourth-order valence-corrected chi connectivity index (χ4v) is 4.20. The van der Waals surface area contributed by atoms with Gasteiger partial charge in [0.15, 0.2) is 0 Å². The first-order chi connectivity index (χ1) is 17.2. The molecule has 0 radical (unpaired) electrons. The summed E-state index contributed by atoms with van der Waals surface area (Å²) in [6.07, 6.45) is 1.23. The Kier molecular flexibility index (Phi) is 7.44. The van der Waals surface area contributed by atoms with E-state index in [0.717, 1.165) is 4.90 Å². The molecule has 0 saturated carbocycles. The normalized spacial score (nSPS) is 14.6. The molecule has 182 valence electrons. The SMILES string of the molecule is COc1cccc(N2C(=O)NC(=O)/C(=C/c3cc(Br)ccc3OC(=O)c3ccc(Cl)cc3Cl)C2=O)c1. The number of esters is 1. The number of methoxy groups -OCH3 is 1. The van der Waals surface area contributed by atoms with Gasteiger partial charge < -0.3 is 9.47 Å². The molecule has 1 aliphatic rings. The third kappa shape index (κ3) is 5.28. The van der Waals surface area contributed by atoms with Gasteiger partial charge in [-0.05, 0) is 54.6 Å². The van der Waals surface area contributed by atoms with Gasteiger partial charge in [0, 0.05) is 21.1 Å². The quantitative estimate of drug-likeness (QED) is 0.179. The van der Waals surface area contributed by atoms with Crippen LogP contribution in [-0.4, -0.2) is 30.9 Å². The second kappa shape index (κ2) is 10.5. The van der Waals surface area contributed by atoms with Gasteiger partial charge in [-0.25, -0.2) is 14.5 Å². The Morgan fingerprint density at radius 3 is 2.53 bits per heavy atom. The Bertz CT molecular complexity index is 1460. The Balaban J connectivity index is 1.71.